The molecule has 34 heavy (non-hydrogen) atoms. The zero-order chi connectivity index (χ0) is 24.1. The Morgan fingerprint density at radius 3 is 2.24 bits per heavy atom. The van der Waals surface area contributed by atoms with Gasteiger partial charge in [0.05, 0.1) is 6.54 Å². The van der Waals surface area contributed by atoms with Crippen LogP contribution in [0.1, 0.15) is 51.4 Å². The maximum atomic E-state index is 13.0. The second-order valence-electron chi connectivity index (χ2n) is 9.09. The lowest BCUT2D eigenvalue weighted by Gasteiger charge is -2.30. The number of urea groups is 1. The van der Waals surface area contributed by atoms with Crippen molar-refractivity contribution in [1.82, 2.24) is 15.1 Å². The summed E-state index contributed by atoms with van der Waals surface area (Å²) in [7, 11) is 0. The van der Waals surface area contributed by atoms with E-state index in [9.17, 15) is 24.0 Å². The summed E-state index contributed by atoms with van der Waals surface area (Å²) >= 11 is 0. The monoisotopic (exact) mass is 469 g/mol. The maximum absolute atomic E-state index is 13.0. The number of benzene rings is 1. The molecular formula is C24H31N5O5. The van der Waals surface area contributed by atoms with Crippen LogP contribution >= 0.6 is 0 Å². The number of carbonyl (C=O) groups excluding carboxylic acids is 5. The van der Waals surface area contributed by atoms with Crippen LogP contribution in [-0.2, 0) is 19.2 Å². The summed E-state index contributed by atoms with van der Waals surface area (Å²) in [5.74, 6) is -0.704. The fraction of sp³-hybridized carbons (Fsp3) is 0.542. The van der Waals surface area contributed by atoms with Crippen LogP contribution in [0.2, 0.25) is 0 Å². The van der Waals surface area contributed by atoms with Crippen LogP contribution in [0.15, 0.2) is 24.3 Å². The van der Waals surface area contributed by atoms with E-state index in [0.717, 1.165) is 37.0 Å². The number of imide groups is 1. The highest BCUT2D eigenvalue weighted by atomic mass is 16.2. The van der Waals surface area contributed by atoms with Crippen LogP contribution in [0.3, 0.4) is 0 Å². The van der Waals surface area contributed by atoms with Crippen LogP contribution in [0.25, 0.3) is 0 Å². The number of hydrogen-bond donors (Lipinski definition) is 3. The van der Waals surface area contributed by atoms with E-state index in [1.807, 2.05) is 0 Å². The van der Waals surface area contributed by atoms with Crippen LogP contribution in [0.4, 0.5) is 16.2 Å². The fourth-order valence-electron chi connectivity index (χ4n) is 4.87. The van der Waals surface area contributed by atoms with Gasteiger partial charge in [0.15, 0.2) is 0 Å². The maximum Gasteiger partial charge on any atom is 0.324 e. The van der Waals surface area contributed by atoms with Gasteiger partial charge in [0.25, 0.3) is 0 Å². The Hall–Kier alpha value is -3.43. The van der Waals surface area contributed by atoms with Crippen molar-refractivity contribution in [1.29, 1.82) is 0 Å². The number of rotatable bonds is 7. The Kier molecular flexibility index (Phi) is 7.44. The molecule has 1 aliphatic carbocycles. The average Bonchev–Trinajstić information content (AvgIpc) is 3.46. The molecule has 3 N–H and O–H groups in total. The molecule has 6 amide bonds. The second kappa shape index (κ2) is 10.7. The molecule has 10 heteroatoms. The van der Waals surface area contributed by atoms with E-state index in [-0.39, 0.29) is 49.1 Å². The van der Waals surface area contributed by atoms with E-state index in [4.69, 9.17) is 0 Å². The summed E-state index contributed by atoms with van der Waals surface area (Å²) in [6, 6.07) is 5.78. The van der Waals surface area contributed by atoms with E-state index in [0.29, 0.717) is 24.3 Å². The average molecular weight is 470 g/mol. The lowest BCUT2D eigenvalue weighted by molar-refractivity contribution is -0.141. The summed E-state index contributed by atoms with van der Waals surface area (Å²) < 4.78 is 0. The Morgan fingerprint density at radius 2 is 1.59 bits per heavy atom. The van der Waals surface area contributed by atoms with Gasteiger partial charge in [-0.05, 0) is 49.9 Å². The molecule has 10 nitrogen and oxygen atoms in total. The number of likely N-dealkylation sites (tertiary alicyclic amines) is 1. The quantitative estimate of drug-likeness (QED) is 0.527. The van der Waals surface area contributed by atoms with Gasteiger partial charge >= 0.3 is 6.03 Å². The van der Waals surface area contributed by atoms with Crippen molar-refractivity contribution < 1.29 is 24.0 Å². The van der Waals surface area contributed by atoms with Gasteiger partial charge in [-0.25, -0.2) is 4.79 Å². The minimum atomic E-state index is -0.487. The van der Waals surface area contributed by atoms with Gasteiger partial charge in [0.1, 0.15) is 6.04 Å². The molecule has 3 fully saturated rings. The molecule has 2 aliphatic heterocycles. The number of hydrogen-bond acceptors (Lipinski definition) is 5. The van der Waals surface area contributed by atoms with E-state index >= 15 is 0 Å². The molecule has 1 aromatic carbocycles. The first-order valence-electron chi connectivity index (χ1n) is 12.0. The third kappa shape index (κ3) is 5.55. The van der Waals surface area contributed by atoms with E-state index < -0.39 is 12.1 Å². The molecule has 1 unspecified atom stereocenters. The highest BCUT2D eigenvalue weighted by Crippen LogP contribution is 2.29. The number of carbonyl (C=O) groups is 5. The third-order valence-electron chi connectivity index (χ3n) is 6.73. The Labute approximate surface area is 198 Å². The van der Waals surface area contributed by atoms with E-state index in [1.165, 1.54) is 6.42 Å². The standard InChI is InChI=1S/C24H31N5O5/c30-20(12-14-29-21(31)15-25-24(29)34)26-17-8-10-18(11-9-17)27-22(32)19-7-4-13-28(19)23(33)16-5-2-1-3-6-16/h8-11,16,19H,1-7,12-15H2,(H,25,34)(H,26,30)(H,27,32). The first kappa shape index (κ1) is 23.7. The lowest BCUT2D eigenvalue weighted by Crippen LogP contribution is -2.46. The van der Waals surface area contributed by atoms with Crippen molar-refractivity contribution in [3.05, 3.63) is 24.3 Å². The SMILES string of the molecule is O=C(CCN1C(=O)CNC1=O)Nc1ccc(NC(=O)C2CCCN2C(=O)C2CCCCC2)cc1. The molecule has 2 saturated heterocycles. The molecule has 0 bridgehead atoms. The van der Waals surface area contributed by atoms with Crippen molar-refractivity contribution in [2.75, 3.05) is 30.3 Å². The van der Waals surface area contributed by atoms with Crippen molar-refractivity contribution >= 4 is 41.0 Å². The van der Waals surface area contributed by atoms with Gasteiger partial charge in [-0.3, -0.25) is 24.1 Å². The molecule has 4 rings (SSSR count). The van der Waals surface area contributed by atoms with Crippen molar-refractivity contribution in [3.63, 3.8) is 0 Å². The lowest BCUT2D eigenvalue weighted by atomic mass is 9.88. The molecule has 2 heterocycles. The predicted molar refractivity (Wildman–Crippen MR) is 125 cm³/mol. The zero-order valence-electron chi connectivity index (χ0n) is 19.2. The second-order valence-corrected chi connectivity index (χ2v) is 9.09. The van der Waals surface area contributed by atoms with Gasteiger partial charge in [-0.2, -0.15) is 0 Å². The van der Waals surface area contributed by atoms with Crippen molar-refractivity contribution in [3.8, 4) is 0 Å². The Morgan fingerprint density at radius 1 is 0.912 bits per heavy atom. The highest BCUT2D eigenvalue weighted by Gasteiger charge is 2.37. The Balaban J connectivity index is 1.26. The van der Waals surface area contributed by atoms with Crippen molar-refractivity contribution in [2.45, 2.75) is 57.4 Å². The van der Waals surface area contributed by atoms with Crippen LogP contribution in [-0.4, -0.2) is 65.1 Å². The first-order valence-corrected chi connectivity index (χ1v) is 12.0. The smallest absolute Gasteiger partial charge is 0.324 e. The molecule has 3 aliphatic rings. The van der Waals surface area contributed by atoms with Gasteiger partial charge in [0.2, 0.25) is 23.6 Å². The Bertz CT molecular complexity index is 941. The summed E-state index contributed by atoms with van der Waals surface area (Å²) in [5, 5.41) is 8.01. The fourth-order valence-corrected chi connectivity index (χ4v) is 4.87. The number of nitrogens with zero attached hydrogens (tertiary/aromatic N) is 2. The van der Waals surface area contributed by atoms with Gasteiger partial charge < -0.3 is 20.9 Å². The zero-order valence-corrected chi connectivity index (χ0v) is 19.2. The van der Waals surface area contributed by atoms with Gasteiger partial charge in [-0.15, -0.1) is 0 Å². The topological polar surface area (TPSA) is 128 Å². The molecule has 182 valence electrons. The number of nitrogens with one attached hydrogen (secondary N) is 3. The summed E-state index contributed by atoms with van der Waals surface area (Å²) in [6.07, 6.45) is 6.65. The van der Waals surface area contributed by atoms with Crippen LogP contribution in [0, 0.1) is 5.92 Å². The summed E-state index contributed by atoms with van der Waals surface area (Å²) in [4.78, 5) is 63.9. The number of anilines is 2. The molecule has 0 radical (unpaired) electrons. The first-order chi connectivity index (χ1) is 16.4. The molecule has 1 aromatic rings. The summed E-state index contributed by atoms with van der Waals surface area (Å²) in [5.41, 5.74) is 1.12. The number of amides is 6. The largest absolute Gasteiger partial charge is 0.330 e. The van der Waals surface area contributed by atoms with Crippen LogP contribution < -0.4 is 16.0 Å². The minimum absolute atomic E-state index is 0.00974. The molecule has 1 saturated carbocycles. The normalized spacial score (nSPS) is 20.9. The van der Waals surface area contributed by atoms with Crippen LogP contribution in [0.5, 0.6) is 0 Å². The molecule has 1 atom stereocenters. The van der Waals surface area contributed by atoms with E-state index in [1.54, 1.807) is 29.2 Å². The minimum Gasteiger partial charge on any atom is -0.330 e. The third-order valence-corrected chi connectivity index (χ3v) is 6.73. The molecule has 0 spiro atoms. The molecular weight excluding hydrogens is 438 g/mol. The van der Waals surface area contributed by atoms with Crippen molar-refractivity contribution in [2.24, 2.45) is 5.92 Å². The molecule has 0 aromatic heterocycles. The summed E-state index contributed by atoms with van der Waals surface area (Å²) in [6.45, 7) is 0.603. The van der Waals surface area contributed by atoms with Gasteiger partial charge in [-0.1, -0.05) is 19.3 Å². The highest BCUT2D eigenvalue weighted by molar-refractivity contribution is 6.02. The predicted octanol–water partition coefficient (Wildman–Crippen LogP) is 2.08. The van der Waals surface area contributed by atoms with E-state index in [2.05, 4.69) is 16.0 Å². The van der Waals surface area contributed by atoms with Gasteiger partial charge in [0, 0.05) is 36.8 Å².